The molecule has 1 saturated heterocycles. The quantitative estimate of drug-likeness (QED) is 0.774. The number of carboxylic acid groups (broad SMARTS) is 1. The fourth-order valence-corrected chi connectivity index (χ4v) is 2.33. The first-order valence-corrected chi connectivity index (χ1v) is 6.23. The molecule has 1 aliphatic heterocycles. The van der Waals surface area contributed by atoms with Gasteiger partial charge in [-0.1, -0.05) is 6.92 Å². The third kappa shape index (κ3) is 3.43. The highest BCUT2D eigenvalue weighted by molar-refractivity contribution is 5.86. The standard InChI is InChI=1S/C12H22N2O3/c1-4-5-13-6-7-14(9(2)3)10(12(13)17)8-11(15)16/h9-10H,4-8H2,1-3H3,(H,15,16). The fraction of sp³-hybridized carbons (Fsp3) is 0.833. The number of carbonyl (C=O) groups is 2. The van der Waals surface area contributed by atoms with Gasteiger partial charge in [0, 0.05) is 25.7 Å². The van der Waals surface area contributed by atoms with Gasteiger partial charge in [-0.25, -0.2) is 0 Å². The van der Waals surface area contributed by atoms with Gasteiger partial charge in [-0.05, 0) is 20.3 Å². The highest BCUT2D eigenvalue weighted by Gasteiger charge is 2.36. The van der Waals surface area contributed by atoms with Gasteiger partial charge < -0.3 is 10.0 Å². The van der Waals surface area contributed by atoms with Crippen LogP contribution in [0.4, 0.5) is 0 Å². The van der Waals surface area contributed by atoms with Crippen LogP contribution in [-0.2, 0) is 9.59 Å². The number of carbonyl (C=O) groups excluding carboxylic acids is 1. The topological polar surface area (TPSA) is 60.9 Å². The summed E-state index contributed by atoms with van der Waals surface area (Å²) in [7, 11) is 0. The Kier molecular flexibility index (Phi) is 4.93. The first-order valence-electron chi connectivity index (χ1n) is 6.23. The summed E-state index contributed by atoms with van der Waals surface area (Å²) in [5.74, 6) is -0.943. The third-order valence-corrected chi connectivity index (χ3v) is 3.15. The van der Waals surface area contributed by atoms with E-state index in [-0.39, 0.29) is 18.4 Å². The zero-order valence-electron chi connectivity index (χ0n) is 10.8. The highest BCUT2D eigenvalue weighted by atomic mass is 16.4. The van der Waals surface area contributed by atoms with Crippen LogP contribution in [0.3, 0.4) is 0 Å². The van der Waals surface area contributed by atoms with Crippen molar-refractivity contribution in [3.05, 3.63) is 0 Å². The van der Waals surface area contributed by atoms with Gasteiger partial charge >= 0.3 is 5.97 Å². The molecular formula is C12H22N2O3. The van der Waals surface area contributed by atoms with Crippen LogP contribution in [0.5, 0.6) is 0 Å². The molecule has 1 heterocycles. The molecule has 1 aliphatic rings. The fourth-order valence-electron chi connectivity index (χ4n) is 2.33. The Balaban J connectivity index is 2.79. The van der Waals surface area contributed by atoms with E-state index in [0.717, 1.165) is 19.5 Å². The van der Waals surface area contributed by atoms with E-state index in [1.807, 2.05) is 25.7 Å². The van der Waals surface area contributed by atoms with Crippen molar-refractivity contribution in [3.8, 4) is 0 Å². The van der Waals surface area contributed by atoms with Gasteiger partial charge in [0.1, 0.15) is 6.04 Å². The Bertz CT molecular complexity index is 291. The minimum atomic E-state index is -0.910. The second kappa shape index (κ2) is 6.00. The molecule has 1 N–H and O–H groups in total. The second-order valence-electron chi connectivity index (χ2n) is 4.77. The van der Waals surface area contributed by atoms with Crippen LogP contribution in [0.2, 0.25) is 0 Å². The van der Waals surface area contributed by atoms with E-state index in [1.54, 1.807) is 4.90 Å². The van der Waals surface area contributed by atoms with Crippen molar-refractivity contribution in [3.63, 3.8) is 0 Å². The zero-order chi connectivity index (χ0) is 13.0. The molecule has 0 radical (unpaired) electrons. The lowest BCUT2D eigenvalue weighted by Gasteiger charge is -2.42. The Morgan fingerprint density at radius 1 is 1.47 bits per heavy atom. The lowest BCUT2D eigenvalue weighted by atomic mass is 10.0. The molecule has 1 atom stereocenters. The van der Waals surface area contributed by atoms with Gasteiger partial charge in [-0.3, -0.25) is 14.5 Å². The average molecular weight is 242 g/mol. The van der Waals surface area contributed by atoms with E-state index in [2.05, 4.69) is 0 Å². The number of piperazine rings is 1. The molecule has 0 saturated carbocycles. The summed E-state index contributed by atoms with van der Waals surface area (Å²) in [6.45, 7) is 8.22. The van der Waals surface area contributed by atoms with Crippen molar-refractivity contribution in [1.29, 1.82) is 0 Å². The summed E-state index contributed by atoms with van der Waals surface area (Å²) in [4.78, 5) is 26.8. The van der Waals surface area contributed by atoms with Gasteiger partial charge in [0.2, 0.25) is 5.91 Å². The predicted octanol–water partition coefficient (Wildman–Crippen LogP) is 0.792. The van der Waals surface area contributed by atoms with E-state index < -0.39 is 12.0 Å². The minimum absolute atomic E-state index is 0.0331. The summed E-state index contributed by atoms with van der Waals surface area (Å²) >= 11 is 0. The van der Waals surface area contributed by atoms with Crippen LogP contribution in [0.1, 0.15) is 33.6 Å². The Morgan fingerprint density at radius 3 is 2.59 bits per heavy atom. The molecule has 1 amide bonds. The molecule has 1 rings (SSSR count). The van der Waals surface area contributed by atoms with Crippen LogP contribution in [0, 0.1) is 0 Å². The number of nitrogens with zero attached hydrogens (tertiary/aromatic N) is 2. The molecule has 5 heteroatoms. The summed E-state index contributed by atoms with van der Waals surface area (Å²) in [6.07, 6.45) is 0.810. The maximum atomic E-state index is 12.2. The van der Waals surface area contributed by atoms with Crippen molar-refractivity contribution in [2.24, 2.45) is 0 Å². The maximum absolute atomic E-state index is 12.2. The monoisotopic (exact) mass is 242 g/mol. The number of carboxylic acids is 1. The molecule has 5 nitrogen and oxygen atoms in total. The molecule has 0 aliphatic carbocycles. The van der Waals surface area contributed by atoms with Crippen molar-refractivity contribution in [2.45, 2.75) is 45.7 Å². The van der Waals surface area contributed by atoms with Gasteiger partial charge in [0.05, 0.1) is 6.42 Å². The molecule has 1 fully saturated rings. The van der Waals surface area contributed by atoms with Crippen molar-refractivity contribution in [1.82, 2.24) is 9.80 Å². The van der Waals surface area contributed by atoms with E-state index in [0.29, 0.717) is 6.54 Å². The largest absolute Gasteiger partial charge is 0.481 e. The van der Waals surface area contributed by atoms with Crippen LogP contribution in [0.25, 0.3) is 0 Å². The van der Waals surface area contributed by atoms with Gasteiger partial charge in [-0.15, -0.1) is 0 Å². The van der Waals surface area contributed by atoms with Crippen LogP contribution >= 0.6 is 0 Å². The third-order valence-electron chi connectivity index (χ3n) is 3.15. The van der Waals surface area contributed by atoms with Crippen LogP contribution in [-0.4, -0.2) is 58.5 Å². The molecule has 0 spiro atoms. The molecule has 0 aromatic carbocycles. The molecular weight excluding hydrogens is 220 g/mol. The van der Waals surface area contributed by atoms with Gasteiger partial charge in [0.25, 0.3) is 0 Å². The summed E-state index contributed by atoms with van der Waals surface area (Å²) in [5, 5.41) is 8.90. The van der Waals surface area contributed by atoms with Crippen molar-refractivity contribution in [2.75, 3.05) is 19.6 Å². The molecule has 1 unspecified atom stereocenters. The number of hydrogen-bond acceptors (Lipinski definition) is 3. The van der Waals surface area contributed by atoms with Crippen LogP contribution < -0.4 is 0 Å². The predicted molar refractivity (Wildman–Crippen MR) is 64.8 cm³/mol. The van der Waals surface area contributed by atoms with Gasteiger partial charge in [-0.2, -0.15) is 0 Å². The lowest BCUT2D eigenvalue weighted by molar-refractivity contribution is -0.150. The van der Waals surface area contributed by atoms with Gasteiger partial charge in [0.15, 0.2) is 0 Å². The highest BCUT2D eigenvalue weighted by Crippen LogP contribution is 2.17. The minimum Gasteiger partial charge on any atom is -0.481 e. The number of rotatable bonds is 5. The van der Waals surface area contributed by atoms with E-state index >= 15 is 0 Å². The average Bonchev–Trinajstić information content (AvgIpc) is 2.23. The zero-order valence-corrected chi connectivity index (χ0v) is 10.8. The Hall–Kier alpha value is -1.10. The Morgan fingerprint density at radius 2 is 2.12 bits per heavy atom. The van der Waals surface area contributed by atoms with E-state index in [1.165, 1.54) is 0 Å². The molecule has 98 valence electrons. The molecule has 17 heavy (non-hydrogen) atoms. The molecule has 0 aromatic rings. The Labute approximate surface area is 102 Å². The van der Waals surface area contributed by atoms with Crippen molar-refractivity contribution < 1.29 is 14.7 Å². The summed E-state index contributed by atoms with van der Waals surface area (Å²) < 4.78 is 0. The summed E-state index contributed by atoms with van der Waals surface area (Å²) in [6, 6.07) is -0.292. The lowest BCUT2D eigenvalue weighted by Crippen LogP contribution is -2.59. The first kappa shape index (κ1) is 14.0. The van der Waals surface area contributed by atoms with E-state index in [9.17, 15) is 9.59 Å². The number of amides is 1. The van der Waals surface area contributed by atoms with Crippen LogP contribution in [0.15, 0.2) is 0 Å². The van der Waals surface area contributed by atoms with Crippen molar-refractivity contribution >= 4 is 11.9 Å². The summed E-state index contributed by atoms with van der Waals surface area (Å²) in [5.41, 5.74) is 0. The number of hydrogen-bond donors (Lipinski definition) is 1. The van der Waals surface area contributed by atoms with E-state index in [4.69, 9.17) is 5.11 Å². The first-order chi connectivity index (χ1) is 7.97. The maximum Gasteiger partial charge on any atom is 0.305 e. The smallest absolute Gasteiger partial charge is 0.305 e. The molecule has 0 aromatic heterocycles. The normalized spacial score (nSPS) is 22.2. The number of aliphatic carboxylic acids is 1. The SMILES string of the molecule is CCCN1CCN(C(C)C)C(CC(=O)O)C1=O. The molecule has 0 bridgehead atoms. The second-order valence-corrected chi connectivity index (χ2v) is 4.77.